The van der Waals surface area contributed by atoms with Gasteiger partial charge in [0, 0.05) is 5.57 Å². The minimum Gasteiger partial charge on any atom is -0.193 e. The fourth-order valence-electron chi connectivity index (χ4n) is 1.68. The van der Waals surface area contributed by atoms with Crippen molar-refractivity contribution in [3.8, 4) is 6.07 Å². The van der Waals surface area contributed by atoms with Crippen LogP contribution in [0.15, 0.2) is 11.6 Å². The van der Waals surface area contributed by atoms with Crippen LogP contribution in [0.3, 0.4) is 0 Å². The predicted octanol–water partition coefficient (Wildman–Crippen LogP) is 2.40. The Morgan fingerprint density at radius 1 is 1.40 bits per heavy atom. The van der Waals surface area contributed by atoms with Gasteiger partial charge in [-0.15, -0.1) is 0 Å². The van der Waals surface area contributed by atoms with Crippen molar-refractivity contribution in [3.05, 3.63) is 11.6 Å². The van der Waals surface area contributed by atoms with Crippen molar-refractivity contribution in [1.82, 2.24) is 0 Å². The highest BCUT2D eigenvalue weighted by molar-refractivity contribution is 5.25. The molecule has 1 fully saturated rings. The molecule has 0 saturated heterocycles. The molecule has 10 heavy (non-hydrogen) atoms. The number of rotatable bonds is 0. The summed E-state index contributed by atoms with van der Waals surface area (Å²) in [6.07, 6.45) is 8.43. The van der Waals surface area contributed by atoms with E-state index in [1.807, 2.05) is 0 Å². The van der Waals surface area contributed by atoms with Crippen molar-refractivity contribution in [2.24, 2.45) is 5.41 Å². The summed E-state index contributed by atoms with van der Waals surface area (Å²) in [6.45, 7) is 0. The van der Waals surface area contributed by atoms with Gasteiger partial charge in [0.05, 0.1) is 6.07 Å². The van der Waals surface area contributed by atoms with Gasteiger partial charge < -0.3 is 0 Å². The molecular weight excluding hydrogens is 122 g/mol. The second-order valence-electron chi connectivity index (χ2n) is 3.55. The number of nitrogens with zero attached hydrogens (tertiary/aromatic N) is 1. The zero-order chi connectivity index (χ0) is 7.03. The van der Waals surface area contributed by atoms with Gasteiger partial charge in [-0.05, 0) is 37.5 Å². The van der Waals surface area contributed by atoms with Gasteiger partial charge in [0.2, 0.25) is 0 Å². The molecule has 1 spiro atoms. The molecule has 0 N–H and O–H groups in total. The topological polar surface area (TPSA) is 23.8 Å². The maximum absolute atomic E-state index is 8.56. The maximum Gasteiger partial charge on any atom is 0.0943 e. The molecule has 0 amide bonds. The number of nitriles is 1. The molecule has 0 atom stereocenters. The van der Waals surface area contributed by atoms with Crippen LogP contribution in [-0.2, 0) is 0 Å². The van der Waals surface area contributed by atoms with Gasteiger partial charge in [-0.1, -0.05) is 6.08 Å². The summed E-state index contributed by atoms with van der Waals surface area (Å²) in [5.74, 6) is 0. The first-order valence-electron chi connectivity index (χ1n) is 3.94. The van der Waals surface area contributed by atoms with Gasteiger partial charge in [-0.2, -0.15) is 5.26 Å². The van der Waals surface area contributed by atoms with Crippen LogP contribution in [-0.4, -0.2) is 0 Å². The monoisotopic (exact) mass is 133 g/mol. The van der Waals surface area contributed by atoms with Gasteiger partial charge in [-0.25, -0.2) is 0 Å². The summed E-state index contributed by atoms with van der Waals surface area (Å²) in [5.41, 5.74) is 1.69. The molecule has 0 bridgehead atoms. The third-order valence-electron chi connectivity index (χ3n) is 2.81. The third-order valence-corrected chi connectivity index (χ3v) is 2.81. The third kappa shape index (κ3) is 0.844. The summed E-state index contributed by atoms with van der Waals surface area (Å²) >= 11 is 0. The molecule has 0 aromatic heterocycles. The Morgan fingerprint density at radius 3 is 2.60 bits per heavy atom. The summed E-state index contributed by atoms with van der Waals surface area (Å²) in [5, 5.41) is 8.56. The second-order valence-corrected chi connectivity index (χ2v) is 3.55. The van der Waals surface area contributed by atoms with E-state index < -0.39 is 0 Å². The van der Waals surface area contributed by atoms with E-state index in [1.54, 1.807) is 0 Å². The number of hydrogen-bond acceptors (Lipinski definition) is 1. The van der Waals surface area contributed by atoms with Gasteiger partial charge in [-0.3, -0.25) is 0 Å². The molecule has 0 unspecified atom stereocenters. The van der Waals surface area contributed by atoms with Crippen molar-refractivity contribution in [2.75, 3.05) is 0 Å². The molecule has 1 nitrogen and oxygen atoms in total. The average Bonchev–Trinajstić information content (AvgIpc) is 2.72. The molecule has 0 heterocycles. The molecule has 2 aliphatic carbocycles. The molecule has 52 valence electrons. The second kappa shape index (κ2) is 1.85. The fraction of sp³-hybridized carbons (Fsp3) is 0.667. The van der Waals surface area contributed by atoms with E-state index in [-0.39, 0.29) is 0 Å². The highest BCUT2D eigenvalue weighted by Crippen LogP contribution is 2.55. The van der Waals surface area contributed by atoms with Crippen LogP contribution in [0.1, 0.15) is 32.1 Å². The van der Waals surface area contributed by atoms with E-state index in [0.29, 0.717) is 5.41 Å². The van der Waals surface area contributed by atoms with Crippen molar-refractivity contribution in [3.63, 3.8) is 0 Å². The average molecular weight is 133 g/mol. The van der Waals surface area contributed by atoms with Gasteiger partial charge in [0.15, 0.2) is 0 Å². The van der Waals surface area contributed by atoms with Crippen molar-refractivity contribution < 1.29 is 0 Å². The van der Waals surface area contributed by atoms with E-state index in [9.17, 15) is 0 Å². The lowest BCUT2D eigenvalue weighted by Crippen LogP contribution is -2.04. The Balaban J connectivity index is 2.08. The molecular formula is C9H11N. The zero-order valence-electron chi connectivity index (χ0n) is 6.06. The summed E-state index contributed by atoms with van der Waals surface area (Å²) in [6, 6.07) is 2.23. The van der Waals surface area contributed by atoms with E-state index in [0.717, 1.165) is 12.0 Å². The number of hydrogen-bond donors (Lipinski definition) is 0. The first-order valence-corrected chi connectivity index (χ1v) is 3.94. The highest BCUT2D eigenvalue weighted by atomic mass is 14.5. The summed E-state index contributed by atoms with van der Waals surface area (Å²) in [4.78, 5) is 0. The quantitative estimate of drug-likeness (QED) is 0.497. The Hall–Kier alpha value is -0.770. The normalized spacial score (nSPS) is 27.3. The molecule has 2 rings (SSSR count). The standard InChI is InChI=1S/C9H11N/c10-7-8-1-3-9(4-2-8)5-6-9/h1H,2-6H2. The minimum absolute atomic E-state index is 0.681. The van der Waals surface area contributed by atoms with E-state index in [4.69, 9.17) is 5.26 Å². The van der Waals surface area contributed by atoms with Crippen LogP contribution < -0.4 is 0 Å². The van der Waals surface area contributed by atoms with Crippen molar-refractivity contribution >= 4 is 0 Å². The summed E-state index contributed by atoms with van der Waals surface area (Å²) in [7, 11) is 0. The first kappa shape index (κ1) is 5.97. The lowest BCUT2D eigenvalue weighted by Gasteiger charge is -2.16. The van der Waals surface area contributed by atoms with Gasteiger partial charge >= 0.3 is 0 Å². The Bertz CT molecular complexity index is 215. The van der Waals surface area contributed by atoms with Crippen molar-refractivity contribution in [2.45, 2.75) is 32.1 Å². The Kier molecular flexibility index (Phi) is 1.11. The van der Waals surface area contributed by atoms with Crippen LogP contribution in [0, 0.1) is 16.7 Å². The smallest absolute Gasteiger partial charge is 0.0943 e. The molecule has 1 saturated carbocycles. The molecule has 0 radical (unpaired) electrons. The minimum atomic E-state index is 0.681. The van der Waals surface area contributed by atoms with Crippen LogP contribution >= 0.6 is 0 Å². The summed E-state index contributed by atoms with van der Waals surface area (Å²) < 4.78 is 0. The molecule has 0 aliphatic heterocycles. The first-order chi connectivity index (χ1) is 4.85. The van der Waals surface area contributed by atoms with E-state index in [2.05, 4.69) is 12.1 Å². The molecule has 2 aliphatic rings. The number of allylic oxidation sites excluding steroid dienone is 2. The SMILES string of the molecule is N#CC1=CCC2(CC1)CC2. The van der Waals surface area contributed by atoms with Gasteiger partial charge in [0.1, 0.15) is 0 Å². The van der Waals surface area contributed by atoms with E-state index in [1.165, 1.54) is 25.7 Å². The fourth-order valence-corrected chi connectivity index (χ4v) is 1.68. The van der Waals surface area contributed by atoms with Crippen molar-refractivity contribution in [1.29, 1.82) is 5.26 Å². The largest absolute Gasteiger partial charge is 0.193 e. The zero-order valence-corrected chi connectivity index (χ0v) is 6.06. The molecule has 0 aromatic rings. The molecule has 0 aromatic carbocycles. The lowest BCUT2D eigenvalue weighted by atomic mass is 9.87. The maximum atomic E-state index is 8.56. The van der Waals surface area contributed by atoms with Crippen LogP contribution in [0.5, 0.6) is 0 Å². The highest BCUT2D eigenvalue weighted by Gasteiger charge is 2.42. The van der Waals surface area contributed by atoms with E-state index >= 15 is 0 Å². The van der Waals surface area contributed by atoms with Crippen LogP contribution in [0.2, 0.25) is 0 Å². The van der Waals surface area contributed by atoms with Gasteiger partial charge in [0.25, 0.3) is 0 Å². The predicted molar refractivity (Wildman–Crippen MR) is 39.2 cm³/mol. The van der Waals surface area contributed by atoms with Crippen LogP contribution in [0.4, 0.5) is 0 Å². The van der Waals surface area contributed by atoms with Crippen LogP contribution in [0.25, 0.3) is 0 Å². The Morgan fingerprint density at radius 2 is 2.20 bits per heavy atom. The molecule has 1 heteroatoms. The Labute approximate surface area is 61.4 Å². The lowest BCUT2D eigenvalue weighted by molar-refractivity contribution is 0.454.